The number of aliphatic hydroxyl groups is 8. The monoisotopic (exact) mass is 1260 g/mol. The Labute approximate surface area is 544 Å². The van der Waals surface area contributed by atoms with Gasteiger partial charge in [0, 0.05) is 6.42 Å². The number of ether oxygens (including phenoxy) is 4. The quantitative estimate of drug-likeness (QED) is 0.0204. The van der Waals surface area contributed by atoms with Gasteiger partial charge in [-0.25, -0.2) is 0 Å². The maximum atomic E-state index is 13.3. The van der Waals surface area contributed by atoms with Crippen molar-refractivity contribution in [2.75, 3.05) is 19.8 Å². The fraction of sp³-hybridized carbons (Fsp3) is 0.671. The Balaban J connectivity index is 1.61. The summed E-state index contributed by atoms with van der Waals surface area (Å²) in [6.45, 7) is 2.63. The van der Waals surface area contributed by atoms with E-state index in [2.05, 4.69) is 153 Å². The summed E-state index contributed by atoms with van der Waals surface area (Å²) in [5.74, 6) is -0.261. The molecule has 2 aliphatic heterocycles. The highest BCUT2D eigenvalue weighted by atomic mass is 16.7. The number of hydrogen-bond donors (Lipinski definition) is 9. The largest absolute Gasteiger partial charge is 0.394 e. The Bertz CT molecular complexity index is 2070. The lowest BCUT2D eigenvalue weighted by Gasteiger charge is -2.46. The minimum Gasteiger partial charge on any atom is -0.394 e. The first-order chi connectivity index (χ1) is 44.1. The Morgan fingerprint density at radius 1 is 0.411 bits per heavy atom. The molecule has 2 saturated heterocycles. The topological polar surface area (TPSA) is 228 Å². The molecular weight excluding hydrogens is 1130 g/mol. The van der Waals surface area contributed by atoms with Crippen LogP contribution in [0.4, 0.5) is 0 Å². The molecule has 2 rings (SSSR count). The molecular formula is C76H125NO13. The standard InChI is InChI=1S/C76H125NO13/c1-3-5-7-9-11-13-15-17-19-20-21-22-23-24-25-26-27-28-29-30-31-32-33-34-35-36-37-38-39-40-41-42-43-44-46-48-50-52-54-56-58-60-68(81)77-64(65(80)59-57-55-53-51-49-47-45-18-16-14-12-10-8-6-4-2)63-87-75-73(86)71(84)74(67(62-79)89-75)90-76-72(85)70(83)69(82)66(61-78)88-76/h5,7,11,13,16-19,21-22,24-25,27-28,30-31,33-34,36-37,49,51,57,59,64-67,69-76,78-80,82-86H,3-4,6,8-10,12,14-15,20,23,26,29,32,35,38-48,50,52-56,58,60-63H2,1-2H3,(H,77,81)/b7-5-,13-11-,18-16+,19-17-,22-21-,25-24-,28-27-,31-30-,34-33-,37-36-,51-49+,59-57+. The van der Waals surface area contributed by atoms with Crippen molar-refractivity contribution in [3.8, 4) is 0 Å². The molecule has 14 heteroatoms. The van der Waals surface area contributed by atoms with Crippen LogP contribution in [-0.4, -0.2) is 140 Å². The van der Waals surface area contributed by atoms with Crippen LogP contribution >= 0.6 is 0 Å². The third-order valence-electron chi connectivity index (χ3n) is 16.0. The molecule has 2 fully saturated rings. The van der Waals surface area contributed by atoms with Gasteiger partial charge in [0.1, 0.15) is 48.8 Å². The minimum absolute atomic E-state index is 0.260. The molecule has 0 radical (unpaired) electrons. The maximum Gasteiger partial charge on any atom is 0.220 e. The van der Waals surface area contributed by atoms with Crippen molar-refractivity contribution in [2.24, 2.45) is 0 Å². The van der Waals surface area contributed by atoms with Gasteiger partial charge in [-0.1, -0.05) is 256 Å². The average molecular weight is 1260 g/mol. The summed E-state index contributed by atoms with van der Waals surface area (Å²) in [6, 6.07) is -0.947. The lowest BCUT2D eigenvalue weighted by molar-refractivity contribution is -0.359. The molecule has 1 amide bonds. The number of carbonyl (C=O) groups is 1. The van der Waals surface area contributed by atoms with E-state index in [0.29, 0.717) is 12.8 Å². The molecule has 0 aliphatic carbocycles. The average Bonchev–Trinajstić information content (AvgIpc) is 1.58. The molecule has 0 aromatic heterocycles. The van der Waals surface area contributed by atoms with E-state index in [-0.39, 0.29) is 18.9 Å². The van der Waals surface area contributed by atoms with Crippen LogP contribution in [0.1, 0.15) is 232 Å². The molecule has 90 heavy (non-hydrogen) atoms. The highest BCUT2D eigenvalue weighted by Gasteiger charge is 2.51. The second-order valence-corrected chi connectivity index (χ2v) is 23.9. The van der Waals surface area contributed by atoms with E-state index in [1.54, 1.807) is 6.08 Å². The normalized spacial score (nSPS) is 23.8. The van der Waals surface area contributed by atoms with Crippen LogP contribution in [0.25, 0.3) is 0 Å². The Morgan fingerprint density at radius 3 is 1.22 bits per heavy atom. The summed E-state index contributed by atoms with van der Waals surface area (Å²) in [4.78, 5) is 13.3. The fourth-order valence-electron chi connectivity index (χ4n) is 10.4. The van der Waals surface area contributed by atoms with Gasteiger partial charge in [0.2, 0.25) is 5.91 Å². The number of rotatable bonds is 55. The van der Waals surface area contributed by atoms with Crippen LogP contribution in [0.2, 0.25) is 0 Å². The van der Waals surface area contributed by atoms with E-state index in [1.165, 1.54) is 89.9 Å². The summed E-state index contributed by atoms with van der Waals surface area (Å²) < 4.78 is 22.8. The molecule has 512 valence electrons. The van der Waals surface area contributed by atoms with Crippen LogP contribution in [0.5, 0.6) is 0 Å². The smallest absolute Gasteiger partial charge is 0.220 e. The van der Waals surface area contributed by atoms with E-state index in [1.807, 2.05) is 6.08 Å². The predicted octanol–water partition coefficient (Wildman–Crippen LogP) is 14.5. The number of nitrogens with one attached hydrogen (secondary N) is 1. The Hall–Kier alpha value is -4.13. The van der Waals surface area contributed by atoms with Gasteiger partial charge < -0.3 is 65.1 Å². The molecule has 0 aromatic carbocycles. The molecule has 12 atom stereocenters. The number of hydrogen-bond acceptors (Lipinski definition) is 13. The SMILES string of the molecule is CC/C=C\C/C=C\C/C=C\C/C=C\C/C=C\C/C=C\C/C=C\C/C=C\C/C=C\CCCCCCCCCCCCCCCC(=O)NC(COC1OC(CO)C(OC2OC(CO)C(O)C(O)C2O)C(O)C1O)C(O)/C=C/CC/C=C/CC/C=C/CCCCCCC. The van der Waals surface area contributed by atoms with Gasteiger partial charge in [0.15, 0.2) is 12.6 Å². The Morgan fingerprint density at radius 2 is 0.778 bits per heavy atom. The molecule has 0 bridgehead atoms. The van der Waals surface area contributed by atoms with Crippen molar-refractivity contribution in [1.29, 1.82) is 0 Å². The van der Waals surface area contributed by atoms with Crippen LogP contribution < -0.4 is 5.32 Å². The molecule has 0 spiro atoms. The predicted molar refractivity (Wildman–Crippen MR) is 368 cm³/mol. The summed E-state index contributed by atoms with van der Waals surface area (Å²) in [5, 5.41) is 87.2. The molecule has 2 heterocycles. The number of carbonyl (C=O) groups excluding carboxylic acids is 1. The van der Waals surface area contributed by atoms with E-state index in [4.69, 9.17) is 18.9 Å². The maximum absolute atomic E-state index is 13.3. The van der Waals surface area contributed by atoms with Gasteiger partial charge in [-0.3, -0.25) is 4.79 Å². The van der Waals surface area contributed by atoms with Crippen molar-refractivity contribution in [2.45, 2.75) is 306 Å². The van der Waals surface area contributed by atoms with E-state index >= 15 is 0 Å². The molecule has 12 unspecified atom stereocenters. The lowest BCUT2D eigenvalue weighted by atomic mass is 9.97. The zero-order chi connectivity index (χ0) is 65.2. The molecule has 9 N–H and O–H groups in total. The fourth-order valence-corrected chi connectivity index (χ4v) is 10.4. The summed E-state index contributed by atoms with van der Waals surface area (Å²) >= 11 is 0. The molecule has 0 aromatic rings. The first kappa shape index (κ1) is 82.0. The second kappa shape index (κ2) is 58.7. The van der Waals surface area contributed by atoms with Gasteiger partial charge in [0.25, 0.3) is 0 Å². The molecule has 2 aliphatic rings. The molecule has 14 nitrogen and oxygen atoms in total. The van der Waals surface area contributed by atoms with Crippen molar-refractivity contribution in [3.05, 3.63) is 146 Å². The van der Waals surface area contributed by atoms with Gasteiger partial charge in [-0.15, -0.1) is 0 Å². The summed E-state index contributed by atoms with van der Waals surface area (Å²) in [7, 11) is 0. The number of allylic oxidation sites excluding steroid dienone is 23. The van der Waals surface area contributed by atoms with Crippen LogP contribution in [-0.2, 0) is 23.7 Å². The number of unbranched alkanes of at least 4 members (excludes halogenated alkanes) is 20. The summed E-state index contributed by atoms with van der Waals surface area (Å²) in [6.07, 6.45) is 71.9. The first-order valence-corrected chi connectivity index (χ1v) is 35.1. The van der Waals surface area contributed by atoms with E-state index in [0.717, 1.165) is 109 Å². The van der Waals surface area contributed by atoms with Crippen LogP contribution in [0, 0.1) is 0 Å². The second-order valence-electron chi connectivity index (χ2n) is 23.9. The van der Waals surface area contributed by atoms with Crippen LogP contribution in [0.3, 0.4) is 0 Å². The Kier molecular flexibility index (Phi) is 53.4. The minimum atomic E-state index is -1.80. The zero-order valence-corrected chi connectivity index (χ0v) is 55.6. The number of amides is 1. The number of aliphatic hydroxyl groups excluding tert-OH is 8. The van der Waals surface area contributed by atoms with E-state index in [9.17, 15) is 45.6 Å². The highest BCUT2D eigenvalue weighted by molar-refractivity contribution is 5.76. The van der Waals surface area contributed by atoms with Crippen molar-refractivity contribution in [3.63, 3.8) is 0 Å². The van der Waals surface area contributed by atoms with E-state index < -0.39 is 86.8 Å². The van der Waals surface area contributed by atoms with Crippen molar-refractivity contribution in [1.82, 2.24) is 5.32 Å². The van der Waals surface area contributed by atoms with Gasteiger partial charge in [0.05, 0.1) is 32.0 Å². The van der Waals surface area contributed by atoms with Crippen LogP contribution in [0.15, 0.2) is 146 Å². The molecule has 0 saturated carbocycles. The van der Waals surface area contributed by atoms with Crippen molar-refractivity contribution >= 4 is 5.91 Å². The van der Waals surface area contributed by atoms with Crippen molar-refractivity contribution < 1.29 is 64.6 Å². The first-order valence-electron chi connectivity index (χ1n) is 35.1. The lowest BCUT2D eigenvalue weighted by Crippen LogP contribution is -2.65. The summed E-state index contributed by atoms with van der Waals surface area (Å²) in [5.41, 5.74) is 0. The van der Waals surface area contributed by atoms with Gasteiger partial charge in [-0.05, 0) is 116 Å². The third kappa shape index (κ3) is 42.2. The third-order valence-corrected chi connectivity index (χ3v) is 16.0. The van der Waals surface area contributed by atoms with Gasteiger partial charge in [-0.2, -0.15) is 0 Å². The zero-order valence-electron chi connectivity index (χ0n) is 55.6. The van der Waals surface area contributed by atoms with Gasteiger partial charge >= 0.3 is 0 Å². The highest BCUT2D eigenvalue weighted by Crippen LogP contribution is 2.30.